The number of alkyl halides is 3. The number of nitrogens with zero attached hydrogens (tertiary/aromatic N) is 3. The molecule has 0 spiro atoms. The molecule has 0 atom stereocenters. The van der Waals surface area contributed by atoms with Crippen molar-refractivity contribution in [1.29, 1.82) is 0 Å². The van der Waals surface area contributed by atoms with Crippen LogP contribution < -0.4 is 0 Å². The number of sulfonamides is 1. The van der Waals surface area contributed by atoms with Gasteiger partial charge in [0, 0.05) is 21.7 Å². The molecule has 3 aromatic rings. The second-order valence-corrected chi connectivity index (χ2v) is 9.66. The van der Waals surface area contributed by atoms with E-state index in [-0.39, 0.29) is 23.3 Å². The molecule has 0 N–H and O–H groups in total. The van der Waals surface area contributed by atoms with Gasteiger partial charge in [-0.05, 0) is 55.3 Å². The zero-order valence-corrected chi connectivity index (χ0v) is 17.9. The first kappa shape index (κ1) is 22.1. The van der Waals surface area contributed by atoms with Gasteiger partial charge >= 0.3 is 6.18 Å². The number of rotatable bonds is 6. The molecule has 0 saturated heterocycles. The predicted octanol–water partition coefficient (Wildman–Crippen LogP) is 5.42. The van der Waals surface area contributed by atoms with Crippen LogP contribution in [-0.2, 0) is 22.7 Å². The maximum Gasteiger partial charge on any atom is 0.417 e. The van der Waals surface area contributed by atoms with E-state index in [4.69, 9.17) is 27.6 Å². The molecule has 1 aliphatic carbocycles. The molecular weight excluding hydrogens is 478 g/mol. The lowest BCUT2D eigenvalue weighted by atomic mass is 10.2. The van der Waals surface area contributed by atoms with Gasteiger partial charge in [-0.1, -0.05) is 23.2 Å². The van der Waals surface area contributed by atoms with Gasteiger partial charge in [0.05, 0.1) is 17.0 Å². The molecule has 12 heteroatoms. The maximum absolute atomic E-state index is 13.5. The lowest BCUT2D eigenvalue weighted by Crippen LogP contribution is -2.34. The zero-order valence-electron chi connectivity index (χ0n) is 15.6. The van der Waals surface area contributed by atoms with Crippen molar-refractivity contribution in [2.75, 3.05) is 0 Å². The first-order valence-electron chi connectivity index (χ1n) is 9.02. The van der Waals surface area contributed by atoms with Crippen molar-refractivity contribution in [3.8, 4) is 11.5 Å². The normalized spacial score (nSPS) is 14.9. The number of hydrogen-bond acceptors (Lipinski definition) is 5. The van der Waals surface area contributed by atoms with Crippen molar-refractivity contribution < 1.29 is 26.0 Å². The van der Waals surface area contributed by atoms with E-state index in [0.29, 0.717) is 29.5 Å². The van der Waals surface area contributed by atoms with Crippen molar-refractivity contribution in [1.82, 2.24) is 14.5 Å². The van der Waals surface area contributed by atoms with Crippen LogP contribution in [0.4, 0.5) is 13.2 Å². The molecule has 31 heavy (non-hydrogen) atoms. The number of halogens is 5. The van der Waals surface area contributed by atoms with Gasteiger partial charge in [-0.15, -0.1) is 10.2 Å². The van der Waals surface area contributed by atoms with Crippen molar-refractivity contribution in [2.45, 2.75) is 36.5 Å². The lowest BCUT2D eigenvalue weighted by Gasteiger charge is -2.22. The van der Waals surface area contributed by atoms with E-state index >= 15 is 0 Å². The summed E-state index contributed by atoms with van der Waals surface area (Å²) in [6, 6.07) is 8.68. The van der Waals surface area contributed by atoms with Gasteiger partial charge in [0.15, 0.2) is 0 Å². The summed E-state index contributed by atoms with van der Waals surface area (Å²) in [7, 11) is -4.52. The Hall–Kier alpha value is -2.14. The van der Waals surface area contributed by atoms with E-state index in [1.54, 1.807) is 24.3 Å². The quantitative estimate of drug-likeness (QED) is 0.460. The summed E-state index contributed by atoms with van der Waals surface area (Å²) in [6.45, 7) is -0.354. The highest BCUT2D eigenvalue weighted by molar-refractivity contribution is 7.89. The first-order chi connectivity index (χ1) is 14.6. The van der Waals surface area contributed by atoms with Gasteiger partial charge in [-0.3, -0.25) is 0 Å². The number of aromatic nitrogens is 2. The third-order valence-electron chi connectivity index (χ3n) is 4.64. The lowest BCUT2D eigenvalue weighted by molar-refractivity contribution is -0.139. The Morgan fingerprint density at radius 2 is 1.68 bits per heavy atom. The standard InChI is InChI=1S/C19H14Cl2F3N3O3S/c20-12-3-1-11(2-4-12)18-26-25-17(30-18)10-27(14-6-7-14)31(28,29)16-8-5-13(21)9-15(16)19(22,23)24/h1-5,8-9,14H,6-7,10H2. The fraction of sp³-hybridized carbons (Fsp3) is 0.263. The highest BCUT2D eigenvalue weighted by Crippen LogP contribution is 2.40. The molecule has 2 aromatic carbocycles. The van der Waals surface area contributed by atoms with Crippen LogP contribution in [0.1, 0.15) is 24.3 Å². The molecule has 1 saturated carbocycles. The minimum absolute atomic E-state index is 0.0389. The van der Waals surface area contributed by atoms with Crippen LogP contribution in [0.5, 0.6) is 0 Å². The third-order valence-corrected chi connectivity index (χ3v) is 7.08. The van der Waals surface area contributed by atoms with Crippen LogP contribution in [-0.4, -0.2) is 29.0 Å². The molecule has 4 rings (SSSR count). The summed E-state index contributed by atoms with van der Waals surface area (Å²) in [4.78, 5) is -0.867. The predicted molar refractivity (Wildman–Crippen MR) is 107 cm³/mol. The first-order valence-corrected chi connectivity index (χ1v) is 11.2. The van der Waals surface area contributed by atoms with Gasteiger partial charge in [0.2, 0.25) is 21.8 Å². The van der Waals surface area contributed by atoms with E-state index < -0.39 is 32.7 Å². The molecule has 1 aliphatic rings. The van der Waals surface area contributed by atoms with Crippen LogP contribution in [0.25, 0.3) is 11.5 Å². The van der Waals surface area contributed by atoms with Crippen molar-refractivity contribution in [3.63, 3.8) is 0 Å². The summed E-state index contributed by atoms with van der Waals surface area (Å²) in [5, 5.41) is 8.05. The van der Waals surface area contributed by atoms with Crippen molar-refractivity contribution in [2.24, 2.45) is 0 Å². The molecule has 1 aromatic heterocycles. The van der Waals surface area contributed by atoms with Gasteiger partial charge in [-0.2, -0.15) is 17.5 Å². The van der Waals surface area contributed by atoms with Gasteiger partial charge in [0.25, 0.3) is 0 Å². The molecule has 0 amide bonds. The summed E-state index contributed by atoms with van der Waals surface area (Å²) in [6.07, 6.45) is -3.85. The molecular formula is C19H14Cl2F3N3O3S. The van der Waals surface area contributed by atoms with E-state index in [0.717, 1.165) is 16.4 Å². The Balaban J connectivity index is 1.67. The van der Waals surface area contributed by atoms with E-state index in [2.05, 4.69) is 10.2 Å². The Morgan fingerprint density at radius 1 is 1.03 bits per heavy atom. The molecule has 0 bridgehead atoms. The Bertz CT molecular complexity index is 1210. The molecule has 164 valence electrons. The molecule has 1 heterocycles. The summed E-state index contributed by atoms with van der Waals surface area (Å²) < 4.78 is 73.4. The number of benzene rings is 2. The van der Waals surface area contributed by atoms with Crippen LogP contribution >= 0.6 is 23.2 Å². The Morgan fingerprint density at radius 3 is 2.29 bits per heavy atom. The van der Waals surface area contributed by atoms with Crippen molar-refractivity contribution >= 4 is 33.2 Å². The van der Waals surface area contributed by atoms with Gasteiger partial charge in [-0.25, -0.2) is 8.42 Å². The SMILES string of the molecule is O=S(=O)(c1ccc(Cl)cc1C(F)(F)F)N(Cc1nnc(-c2ccc(Cl)cc2)o1)C1CC1. The van der Waals surface area contributed by atoms with Crippen molar-refractivity contribution in [3.05, 3.63) is 64.0 Å². The highest BCUT2D eigenvalue weighted by Gasteiger charge is 2.44. The second-order valence-electron chi connectivity index (χ2n) is 6.93. The smallest absolute Gasteiger partial charge is 0.417 e. The molecule has 1 fully saturated rings. The molecule has 0 radical (unpaired) electrons. The average molecular weight is 492 g/mol. The molecule has 6 nitrogen and oxygen atoms in total. The van der Waals surface area contributed by atoms with Crippen LogP contribution in [0, 0.1) is 0 Å². The Labute approximate surface area is 185 Å². The van der Waals surface area contributed by atoms with Gasteiger partial charge in [0.1, 0.15) is 0 Å². The van der Waals surface area contributed by atoms with Crippen LogP contribution in [0.15, 0.2) is 51.8 Å². The topological polar surface area (TPSA) is 76.3 Å². The summed E-state index contributed by atoms with van der Waals surface area (Å²) >= 11 is 11.5. The molecule has 0 unspecified atom stereocenters. The van der Waals surface area contributed by atoms with E-state index in [1.807, 2.05) is 0 Å². The van der Waals surface area contributed by atoms with E-state index in [1.165, 1.54) is 0 Å². The monoisotopic (exact) mass is 491 g/mol. The average Bonchev–Trinajstić information content (AvgIpc) is 3.43. The van der Waals surface area contributed by atoms with Gasteiger partial charge < -0.3 is 4.42 Å². The largest absolute Gasteiger partial charge is 0.419 e. The Kier molecular flexibility index (Phi) is 5.76. The highest BCUT2D eigenvalue weighted by atomic mass is 35.5. The fourth-order valence-corrected chi connectivity index (χ4v) is 5.13. The number of hydrogen-bond donors (Lipinski definition) is 0. The summed E-state index contributed by atoms with van der Waals surface area (Å²) in [5.74, 6) is 0.102. The molecule has 0 aliphatic heterocycles. The maximum atomic E-state index is 13.5. The minimum Gasteiger partial charge on any atom is -0.419 e. The fourth-order valence-electron chi connectivity index (χ4n) is 3.01. The zero-order chi connectivity index (χ0) is 22.4. The van der Waals surface area contributed by atoms with E-state index in [9.17, 15) is 21.6 Å². The third kappa shape index (κ3) is 4.72. The van der Waals surface area contributed by atoms with Crippen LogP contribution in [0.3, 0.4) is 0 Å². The van der Waals surface area contributed by atoms with Crippen LogP contribution in [0.2, 0.25) is 10.0 Å². The minimum atomic E-state index is -4.89. The summed E-state index contributed by atoms with van der Waals surface area (Å²) in [5.41, 5.74) is -0.751. The second kappa shape index (κ2) is 8.09.